The second-order valence-corrected chi connectivity index (χ2v) is 6.74. The van der Waals surface area contributed by atoms with Crippen molar-refractivity contribution >= 4 is 16.3 Å². The van der Waals surface area contributed by atoms with Gasteiger partial charge in [0.05, 0.1) is 0 Å². The molecule has 21 heavy (non-hydrogen) atoms. The Morgan fingerprint density at radius 1 is 1.05 bits per heavy atom. The van der Waals surface area contributed by atoms with Crippen molar-refractivity contribution < 1.29 is 0 Å². The van der Waals surface area contributed by atoms with Gasteiger partial charge < -0.3 is 5.32 Å². The van der Waals surface area contributed by atoms with Crippen LogP contribution in [0.3, 0.4) is 0 Å². The van der Waals surface area contributed by atoms with E-state index in [1.165, 1.54) is 27.5 Å². The zero-order valence-corrected chi connectivity index (χ0v) is 13.1. The van der Waals surface area contributed by atoms with Gasteiger partial charge in [0, 0.05) is 12.1 Å². The zero-order chi connectivity index (χ0) is 14.9. The molecule has 108 valence electrons. The van der Waals surface area contributed by atoms with Crippen molar-refractivity contribution in [2.24, 2.45) is 0 Å². The first-order valence-electron chi connectivity index (χ1n) is 7.66. The van der Waals surface area contributed by atoms with E-state index in [1.54, 1.807) is 0 Å². The van der Waals surface area contributed by atoms with Gasteiger partial charge in [-0.05, 0) is 54.7 Å². The summed E-state index contributed by atoms with van der Waals surface area (Å²) in [5.41, 5.74) is 4.34. The molecule has 1 aliphatic carbocycles. The quantitative estimate of drug-likeness (QED) is 0.825. The number of hydrogen-bond donors (Lipinski definition) is 1. The van der Waals surface area contributed by atoms with Crippen molar-refractivity contribution in [1.29, 1.82) is 0 Å². The van der Waals surface area contributed by atoms with Crippen LogP contribution < -0.4 is 5.32 Å². The summed E-state index contributed by atoms with van der Waals surface area (Å²) in [7, 11) is 0. The van der Waals surface area contributed by atoms with Crippen LogP contribution in [-0.4, -0.2) is 5.54 Å². The molecule has 1 N–H and O–H groups in total. The summed E-state index contributed by atoms with van der Waals surface area (Å²) in [6.45, 7) is 7.55. The van der Waals surface area contributed by atoms with Gasteiger partial charge in [-0.15, -0.1) is 0 Å². The van der Waals surface area contributed by atoms with Crippen LogP contribution in [0.4, 0.5) is 0 Å². The van der Waals surface area contributed by atoms with Gasteiger partial charge in [-0.3, -0.25) is 0 Å². The smallest absolute Gasteiger partial charge is 0.0222 e. The maximum Gasteiger partial charge on any atom is 0.0222 e. The molecule has 0 amide bonds. The number of nitrogens with one attached hydrogen (secondary N) is 1. The molecule has 3 rings (SSSR count). The number of benzene rings is 2. The van der Waals surface area contributed by atoms with Crippen molar-refractivity contribution in [1.82, 2.24) is 5.32 Å². The van der Waals surface area contributed by atoms with E-state index < -0.39 is 0 Å². The van der Waals surface area contributed by atoms with E-state index in [9.17, 15) is 0 Å². The highest BCUT2D eigenvalue weighted by molar-refractivity contribution is 5.91. The van der Waals surface area contributed by atoms with Gasteiger partial charge in [-0.25, -0.2) is 0 Å². The fraction of sp³-hybridized carbons (Fsp3) is 0.300. The largest absolute Gasteiger partial charge is 0.308 e. The molecule has 0 heterocycles. The third-order valence-electron chi connectivity index (χ3n) is 3.95. The summed E-state index contributed by atoms with van der Waals surface area (Å²) in [6.07, 6.45) is 7.67. The van der Waals surface area contributed by atoms with Gasteiger partial charge in [0.15, 0.2) is 0 Å². The number of allylic oxidation sites excluding steroid dienone is 4. The second kappa shape index (κ2) is 5.50. The van der Waals surface area contributed by atoms with Crippen LogP contribution >= 0.6 is 0 Å². The molecule has 0 saturated carbocycles. The van der Waals surface area contributed by atoms with E-state index in [4.69, 9.17) is 0 Å². The van der Waals surface area contributed by atoms with Crippen LogP contribution in [0.2, 0.25) is 0 Å². The molecule has 0 saturated heterocycles. The Hall–Kier alpha value is -1.86. The summed E-state index contributed by atoms with van der Waals surface area (Å²) >= 11 is 0. The summed E-state index contributed by atoms with van der Waals surface area (Å²) in [5, 5.41) is 6.33. The summed E-state index contributed by atoms with van der Waals surface area (Å²) in [4.78, 5) is 0. The van der Waals surface area contributed by atoms with E-state index in [0.717, 1.165) is 13.0 Å². The lowest BCUT2D eigenvalue weighted by molar-refractivity contribution is 0.425. The lowest BCUT2D eigenvalue weighted by Gasteiger charge is -2.23. The molecule has 0 atom stereocenters. The SMILES string of the molecule is CC(C)(C)NCc1c(C2=CC=CC2)ccc2ccccc12. The van der Waals surface area contributed by atoms with Crippen molar-refractivity contribution in [2.75, 3.05) is 0 Å². The Labute approximate surface area is 127 Å². The summed E-state index contributed by atoms with van der Waals surface area (Å²) in [6, 6.07) is 13.2. The fourth-order valence-electron chi connectivity index (χ4n) is 2.83. The van der Waals surface area contributed by atoms with Gasteiger partial charge in [-0.1, -0.05) is 54.6 Å². The van der Waals surface area contributed by atoms with Gasteiger partial charge in [0.25, 0.3) is 0 Å². The van der Waals surface area contributed by atoms with Crippen molar-refractivity contribution in [3.05, 3.63) is 65.8 Å². The van der Waals surface area contributed by atoms with Gasteiger partial charge in [0.1, 0.15) is 0 Å². The Morgan fingerprint density at radius 3 is 2.57 bits per heavy atom. The average Bonchev–Trinajstić information content (AvgIpc) is 2.97. The van der Waals surface area contributed by atoms with E-state index in [-0.39, 0.29) is 5.54 Å². The van der Waals surface area contributed by atoms with Crippen LogP contribution in [-0.2, 0) is 6.54 Å². The van der Waals surface area contributed by atoms with Gasteiger partial charge >= 0.3 is 0 Å². The molecule has 2 aromatic carbocycles. The lowest BCUT2D eigenvalue weighted by atomic mass is 9.93. The highest BCUT2D eigenvalue weighted by atomic mass is 14.9. The first-order valence-corrected chi connectivity index (χ1v) is 7.66. The maximum atomic E-state index is 3.65. The molecular weight excluding hydrogens is 254 g/mol. The minimum atomic E-state index is 0.122. The predicted molar refractivity (Wildman–Crippen MR) is 92.3 cm³/mol. The molecule has 0 fully saturated rings. The zero-order valence-electron chi connectivity index (χ0n) is 13.1. The third-order valence-corrected chi connectivity index (χ3v) is 3.95. The fourth-order valence-corrected chi connectivity index (χ4v) is 2.83. The van der Waals surface area contributed by atoms with E-state index in [2.05, 4.69) is 80.7 Å². The van der Waals surface area contributed by atoms with Crippen LogP contribution in [0.5, 0.6) is 0 Å². The molecule has 0 radical (unpaired) electrons. The number of rotatable bonds is 3. The van der Waals surface area contributed by atoms with Crippen LogP contribution in [0.15, 0.2) is 54.6 Å². The van der Waals surface area contributed by atoms with Crippen molar-refractivity contribution in [2.45, 2.75) is 39.3 Å². The molecule has 0 unspecified atom stereocenters. The Morgan fingerprint density at radius 2 is 1.86 bits per heavy atom. The number of hydrogen-bond acceptors (Lipinski definition) is 1. The highest BCUT2D eigenvalue weighted by Crippen LogP contribution is 2.31. The van der Waals surface area contributed by atoms with E-state index in [1.807, 2.05) is 0 Å². The topological polar surface area (TPSA) is 12.0 Å². The lowest BCUT2D eigenvalue weighted by Crippen LogP contribution is -2.35. The molecule has 1 aliphatic rings. The van der Waals surface area contributed by atoms with Gasteiger partial charge in [0.2, 0.25) is 0 Å². The van der Waals surface area contributed by atoms with Crippen LogP contribution in [0.1, 0.15) is 38.3 Å². The molecule has 0 spiro atoms. The first kappa shape index (κ1) is 14.1. The number of fused-ring (bicyclic) bond motifs is 1. The maximum absolute atomic E-state index is 3.65. The molecule has 1 heteroatoms. The molecule has 1 nitrogen and oxygen atoms in total. The molecular formula is C20H23N. The summed E-state index contributed by atoms with van der Waals surface area (Å²) < 4.78 is 0. The minimum Gasteiger partial charge on any atom is -0.308 e. The Kier molecular flexibility index (Phi) is 3.69. The standard InChI is InChI=1S/C20H23N/c1-20(2,3)21-14-19-17-11-7-6-10-16(17)12-13-18(19)15-8-4-5-9-15/h4-8,10-13,21H,9,14H2,1-3H3. The minimum absolute atomic E-state index is 0.122. The molecule has 2 aromatic rings. The van der Waals surface area contributed by atoms with E-state index >= 15 is 0 Å². The summed E-state index contributed by atoms with van der Waals surface area (Å²) in [5.74, 6) is 0. The highest BCUT2D eigenvalue weighted by Gasteiger charge is 2.15. The predicted octanol–water partition coefficient (Wildman–Crippen LogP) is 5.07. The third kappa shape index (κ3) is 3.08. The van der Waals surface area contributed by atoms with Gasteiger partial charge in [-0.2, -0.15) is 0 Å². The van der Waals surface area contributed by atoms with Crippen LogP contribution in [0, 0.1) is 0 Å². The Balaban J connectivity index is 2.09. The molecule has 0 aliphatic heterocycles. The van der Waals surface area contributed by atoms with Crippen molar-refractivity contribution in [3.8, 4) is 0 Å². The first-order chi connectivity index (χ1) is 10.0. The normalized spacial score (nSPS) is 14.7. The second-order valence-electron chi connectivity index (χ2n) is 6.74. The van der Waals surface area contributed by atoms with Crippen LogP contribution in [0.25, 0.3) is 16.3 Å². The molecule has 0 aromatic heterocycles. The Bertz CT molecular complexity index is 714. The van der Waals surface area contributed by atoms with Crippen molar-refractivity contribution in [3.63, 3.8) is 0 Å². The monoisotopic (exact) mass is 277 g/mol. The van der Waals surface area contributed by atoms with E-state index in [0.29, 0.717) is 0 Å². The average molecular weight is 277 g/mol. The molecule has 0 bridgehead atoms.